The normalized spacial score (nSPS) is 12.2. The lowest BCUT2D eigenvalue weighted by Crippen LogP contribution is -2.11. The number of rotatable bonds is 10. The molecule has 0 saturated heterocycles. The zero-order valence-corrected chi connectivity index (χ0v) is 32.7. The minimum atomic E-state index is 0.248. The van der Waals surface area contributed by atoms with Crippen molar-refractivity contribution in [3.05, 3.63) is 126 Å². The average Bonchev–Trinajstić information content (AvgIpc) is 3.73. The number of hydrogen-bond acceptors (Lipinski definition) is 4. The minimum Gasteiger partial charge on any atom is -0.497 e. The van der Waals surface area contributed by atoms with Gasteiger partial charge in [-0.15, -0.1) is 0 Å². The first-order chi connectivity index (χ1) is 25.3. The molecule has 7 rings (SSSR count). The molecular weight excluding hydrogens is 653 g/mol. The van der Waals surface area contributed by atoms with Crippen LogP contribution < -0.4 is 9.47 Å². The van der Waals surface area contributed by atoms with Crippen molar-refractivity contribution in [1.29, 1.82) is 0 Å². The van der Waals surface area contributed by atoms with E-state index in [9.17, 15) is 0 Å². The quantitative estimate of drug-likeness (QED) is 0.142. The van der Waals surface area contributed by atoms with Gasteiger partial charge in [-0.3, -0.25) is 4.57 Å². The third kappa shape index (κ3) is 7.73. The number of nitrogens with zero attached hydrogens (tertiary/aromatic N) is 4. The molecule has 272 valence electrons. The van der Waals surface area contributed by atoms with Crippen LogP contribution in [0.2, 0.25) is 0 Å². The first-order valence-corrected chi connectivity index (χ1v) is 18.8. The van der Waals surface area contributed by atoms with E-state index in [0.717, 1.165) is 76.2 Å². The van der Waals surface area contributed by atoms with Crippen LogP contribution in [-0.4, -0.2) is 26.4 Å². The molecule has 0 unspecified atom stereocenters. The van der Waals surface area contributed by atoms with Gasteiger partial charge in [-0.05, 0) is 115 Å². The Labute approximate surface area is 314 Å². The summed E-state index contributed by atoms with van der Waals surface area (Å²) in [5, 5.41) is 7.22. The van der Waals surface area contributed by atoms with Crippen LogP contribution in [0.4, 0.5) is 0 Å². The van der Waals surface area contributed by atoms with Crippen LogP contribution in [0.25, 0.3) is 44.4 Å². The molecule has 0 aliphatic rings. The smallest absolute Gasteiger partial charge is 0.141 e. The topological polar surface area (TPSA) is 54.1 Å². The number of ether oxygens (including phenoxy) is 2. The first-order valence-electron chi connectivity index (χ1n) is 18.8. The molecule has 0 radical (unpaired) electrons. The number of hydrogen-bond donors (Lipinski definition) is 0. The predicted molar refractivity (Wildman–Crippen MR) is 219 cm³/mol. The van der Waals surface area contributed by atoms with E-state index in [2.05, 4.69) is 121 Å². The zero-order valence-electron chi connectivity index (χ0n) is 32.7. The molecule has 0 fully saturated rings. The second kappa shape index (κ2) is 14.2. The monoisotopic (exact) mass is 704 g/mol. The lowest BCUT2D eigenvalue weighted by Gasteiger charge is -2.25. The molecule has 0 aliphatic carbocycles. The van der Waals surface area contributed by atoms with Crippen LogP contribution in [-0.2, 0) is 12.8 Å². The highest BCUT2D eigenvalue weighted by Crippen LogP contribution is 2.39. The van der Waals surface area contributed by atoms with Gasteiger partial charge in [0.2, 0.25) is 0 Å². The van der Waals surface area contributed by atoms with E-state index < -0.39 is 0 Å². The van der Waals surface area contributed by atoms with Gasteiger partial charge in [0.05, 0.1) is 30.0 Å². The maximum absolute atomic E-state index is 6.57. The van der Waals surface area contributed by atoms with Crippen molar-refractivity contribution in [2.24, 2.45) is 10.8 Å². The Morgan fingerprint density at radius 3 is 2.04 bits per heavy atom. The highest BCUT2D eigenvalue weighted by molar-refractivity contribution is 6.09. The van der Waals surface area contributed by atoms with Crippen molar-refractivity contribution in [1.82, 2.24) is 19.3 Å². The number of methoxy groups -OCH3 is 1. The van der Waals surface area contributed by atoms with Crippen LogP contribution >= 0.6 is 0 Å². The highest BCUT2D eigenvalue weighted by atomic mass is 16.5. The molecule has 0 aliphatic heterocycles. The summed E-state index contributed by atoms with van der Waals surface area (Å²) >= 11 is 0. The summed E-state index contributed by atoms with van der Waals surface area (Å²) in [6.07, 6.45) is 10.3. The Morgan fingerprint density at radius 2 is 1.34 bits per heavy atom. The van der Waals surface area contributed by atoms with Crippen molar-refractivity contribution in [3.63, 3.8) is 0 Å². The number of benzene rings is 4. The van der Waals surface area contributed by atoms with Gasteiger partial charge >= 0.3 is 0 Å². The first kappa shape index (κ1) is 36.0. The summed E-state index contributed by atoms with van der Waals surface area (Å²) in [5.41, 5.74) is 11.7. The van der Waals surface area contributed by atoms with Crippen LogP contribution in [0, 0.1) is 24.7 Å². The van der Waals surface area contributed by atoms with E-state index in [1.165, 1.54) is 33.4 Å². The fraction of sp³-hybridized carbons (Fsp3) is 0.319. The second-order valence-corrected chi connectivity index (χ2v) is 16.8. The number of pyridine rings is 1. The van der Waals surface area contributed by atoms with E-state index >= 15 is 0 Å². The van der Waals surface area contributed by atoms with Crippen molar-refractivity contribution in [2.45, 2.75) is 81.1 Å². The van der Waals surface area contributed by atoms with Gasteiger partial charge in [-0.25, -0.2) is 9.67 Å². The fourth-order valence-electron chi connectivity index (χ4n) is 7.40. The average molecular weight is 705 g/mol. The van der Waals surface area contributed by atoms with E-state index in [1.807, 2.05) is 41.2 Å². The van der Waals surface area contributed by atoms with Crippen molar-refractivity contribution in [2.75, 3.05) is 7.11 Å². The van der Waals surface area contributed by atoms with E-state index in [0.29, 0.717) is 0 Å². The molecule has 0 bridgehead atoms. The summed E-state index contributed by atoms with van der Waals surface area (Å²) in [6, 6.07) is 29.0. The maximum Gasteiger partial charge on any atom is 0.141 e. The SMILES string of the molecule is COc1ccnc(-n2c3ccccc3c3ccc(Oc4cccc(-n5cc(-c6c(CCC(C)(C)C)c(C)cc(C)c6CCC(C)(C)C)cn5)c4)cc32)c1. The van der Waals surface area contributed by atoms with Crippen LogP contribution in [0.1, 0.15) is 76.6 Å². The maximum atomic E-state index is 6.57. The number of fused-ring (bicyclic) bond motifs is 3. The summed E-state index contributed by atoms with van der Waals surface area (Å²) in [5.74, 6) is 3.03. The molecule has 0 saturated carbocycles. The van der Waals surface area contributed by atoms with Crippen molar-refractivity contribution >= 4 is 21.8 Å². The fourth-order valence-corrected chi connectivity index (χ4v) is 7.40. The summed E-state index contributed by atoms with van der Waals surface area (Å²) in [4.78, 5) is 4.71. The Bertz CT molecular complexity index is 2380. The molecule has 0 N–H and O–H groups in total. The lowest BCUT2D eigenvalue weighted by molar-refractivity contribution is 0.376. The van der Waals surface area contributed by atoms with Crippen LogP contribution in [0.15, 0.2) is 104 Å². The Morgan fingerprint density at radius 1 is 0.660 bits per heavy atom. The third-order valence-electron chi connectivity index (χ3n) is 10.3. The molecule has 6 heteroatoms. The minimum absolute atomic E-state index is 0.248. The zero-order chi connectivity index (χ0) is 37.5. The van der Waals surface area contributed by atoms with Gasteiger partial charge in [0.15, 0.2) is 0 Å². The van der Waals surface area contributed by atoms with Crippen molar-refractivity contribution in [3.8, 4) is 39.9 Å². The van der Waals surface area contributed by atoms with Crippen molar-refractivity contribution < 1.29 is 9.47 Å². The second-order valence-electron chi connectivity index (χ2n) is 16.8. The van der Waals surface area contributed by atoms with Crippen LogP contribution in [0.3, 0.4) is 0 Å². The lowest BCUT2D eigenvalue weighted by atomic mass is 9.80. The molecule has 4 aromatic carbocycles. The molecule has 0 amide bonds. The summed E-state index contributed by atoms with van der Waals surface area (Å²) in [7, 11) is 1.68. The van der Waals surface area contributed by atoms with Gasteiger partial charge in [-0.2, -0.15) is 5.10 Å². The predicted octanol–water partition coefficient (Wildman–Crippen LogP) is 12.4. The third-order valence-corrected chi connectivity index (χ3v) is 10.3. The molecule has 0 spiro atoms. The van der Waals surface area contributed by atoms with Gasteiger partial charge in [0.1, 0.15) is 23.1 Å². The number of para-hydroxylation sites is 1. The largest absolute Gasteiger partial charge is 0.497 e. The van der Waals surface area contributed by atoms with Crippen LogP contribution in [0.5, 0.6) is 17.2 Å². The summed E-state index contributed by atoms with van der Waals surface area (Å²) in [6.45, 7) is 18.5. The van der Waals surface area contributed by atoms with Gasteiger partial charge in [-0.1, -0.05) is 71.9 Å². The Balaban J connectivity index is 1.24. The molecule has 6 nitrogen and oxygen atoms in total. The van der Waals surface area contributed by atoms with Gasteiger partial charge < -0.3 is 9.47 Å². The Kier molecular flexibility index (Phi) is 9.67. The highest BCUT2D eigenvalue weighted by Gasteiger charge is 2.22. The Hall–Kier alpha value is -5.36. The standard InChI is InChI=1S/C47H52N4O2/c1-31-25-32(2)39(20-23-47(6,7)8)45(38(31)19-22-46(3,4)5)33-29-49-50(30-33)34-13-12-14-36(26-34)53-37-17-18-41-40-15-10-11-16-42(40)51(43(41)27-37)44-28-35(52-9)21-24-48-44/h10-18,21,24-30H,19-20,22-23H2,1-9H3. The number of aryl methyl sites for hydroxylation is 2. The van der Waals surface area contributed by atoms with E-state index in [-0.39, 0.29) is 10.8 Å². The summed E-state index contributed by atoms with van der Waals surface area (Å²) < 4.78 is 16.3. The molecular formula is C47H52N4O2. The number of aromatic nitrogens is 4. The molecule has 3 aromatic heterocycles. The van der Waals surface area contributed by atoms with E-state index in [1.54, 1.807) is 13.3 Å². The van der Waals surface area contributed by atoms with E-state index in [4.69, 9.17) is 19.6 Å². The van der Waals surface area contributed by atoms with Gasteiger partial charge in [0.25, 0.3) is 0 Å². The molecule has 53 heavy (non-hydrogen) atoms. The molecule has 7 aromatic rings. The van der Waals surface area contributed by atoms with Gasteiger partial charge in [0, 0.05) is 46.9 Å². The molecule has 3 heterocycles. The molecule has 0 atom stereocenters.